The van der Waals surface area contributed by atoms with Crippen molar-refractivity contribution in [1.82, 2.24) is 4.98 Å². The van der Waals surface area contributed by atoms with Crippen LogP contribution in [-0.4, -0.2) is 4.98 Å². The summed E-state index contributed by atoms with van der Waals surface area (Å²) in [5, 5.41) is 0.914. The number of hydrogen-bond acceptors (Lipinski definition) is 3. The van der Waals surface area contributed by atoms with E-state index in [4.69, 9.17) is 5.73 Å². The van der Waals surface area contributed by atoms with Crippen LogP contribution >= 0.6 is 27.7 Å². The Kier molecular flexibility index (Phi) is 4.02. The summed E-state index contributed by atoms with van der Waals surface area (Å²) >= 11 is 4.90. The fraction of sp³-hybridized carbons (Fsp3) is 0.0833. The lowest BCUT2D eigenvalue weighted by Gasteiger charge is -2.05. The Morgan fingerprint density at radius 2 is 2.12 bits per heavy atom. The Labute approximate surface area is 112 Å². The SMILES string of the molecule is Nc1cc(F)ccc1CSc1ccc(Br)cn1. The summed E-state index contributed by atoms with van der Waals surface area (Å²) in [5.74, 6) is 0.374. The lowest BCUT2D eigenvalue weighted by atomic mass is 10.2. The predicted octanol–water partition coefficient (Wildman–Crippen LogP) is 3.86. The van der Waals surface area contributed by atoms with Crippen LogP contribution in [0.2, 0.25) is 0 Å². The molecule has 0 unspecified atom stereocenters. The number of aromatic nitrogens is 1. The average molecular weight is 313 g/mol. The molecule has 2 rings (SSSR count). The zero-order valence-electron chi connectivity index (χ0n) is 8.86. The number of halogens is 2. The molecule has 0 aliphatic carbocycles. The number of anilines is 1. The molecule has 0 atom stereocenters. The summed E-state index contributed by atoms with van der Waals surface area (Å²) in [4.78, 5) is 4.24. The monoisotopic (exact) mass is 312 g/mol. The second-order valence-corrected chi connectivity index (χ2v) is 5.36. The Morgan fingerprint density at radius 1 is 1.29 bits per heavy atom. The first kappa shape index (κ1) is 12.4. The van der Waals surface area contributed by atoms with Crippen molar-refractivity contribution in [3.05, 3.63) is 52.4 Å². The Hall–Kier alpha value is -1.07. The van der Waals surface area contributed by atoms with Crippen LogP contribution in [0.25, 0.3) is 0 Å². The number of pyridine rings is 1. The quantitative estimate of drug-likeness (QED) is 0.691. The first-order chi connectivity index (χ1) is 8.15. The van der Waals surface area contributed by atoms with Gasteiger partial charge in [-0.25, -0.2) is 9.37 Å². The number of thioether (sulfide) groups is 1. The number of nitrogens with zero attached hydrogens (tertiary/aromatic N) is 1. The van der Waals surface area contributed by atoms with Gasteiger partial charge in [0.25, 0.3) is 0 Å². The first-order valence-electron chi connectivity index (χ1n) is 4.93. The van der Waals surface area contributed by atoms with E-state index in [0.717, 1.165) is 15.1 Å². The fourth-order valence-corrected chi connectivity index (χ4v) is 2.39. The van der Waals surface area contributed by atoms with Gasteiger partial charge in [0, 0.05) is 22.1 Å². The van der Waals surface area contributed by atoms with Crippen LogP contribution in [-0.2, 0) is 5.75 Å². The van der Waals surface area contributed by atoms with E-state index in [1.807, 2.05) is 12.1 Å². The van der Waals surface area contributed by atoms with Gasteiger partial charge >= 0.3 is 0 Å². The summed E-state index contributed by atoms with van der Waals surface area (Å²) < 4.78 is 13.8. The van der Waals surface area contributed by atoms with Crippen LogP contribution in [0.4, 0.5) is 10.1 Å². The van der Waals surface area contributed by atoms with Gasteiger partial charge in [0.1, 0.15) is 5.82 Å². The minimum absolute atomic E-state index is 0.307. The molecule has 0 radical (unpaired) electrons. The maximum atomic E-state index is 12.9. The van der Waals surface area contributed by atoms with Crippen molar-refractivity contribution in [1.29, 1.82) is 0 Å². The molecule has 2 aromatic rings. The summed E-state index contributed by atoms with van der Waals surface area (Å²) in [6.07, 6.45) is 1.75. The highest BCUT2D eigenvalue weighted by molar-refractivity contribution is 9.10. The van der Waals surface area contributed by atoms with Gasteiger partial charge < -0.3 is 5.73 Å². The average Bonchev–Trinajstić information content (AvgIpc) is 2.30. The molecule has 88 valence electrons. The standard InChI is InChI=1S/C12H10BrFN2S/c13-9-2-4-12(16-6-9)17-7-8-1-3-10(14)5-11(8)15/h1-6H,7,15H2. The summed E-state index contributed by atoms with van der Waals surface area (Å²) in [6, 6.07) is 8.32. The Balaban J connectivity index is 2.04. The molecule has 0 fully saturated rings. The van der Waals surface area contributed by atoms with Crippen LogP contribution in [0.5, 0.6) is 0 Å². The van der Waals surface area contributed by atoms with Crippen LogP contribution in [0.3, 0.4) is 0 Å². The van der Waals surface area contributed by atoms with E-state index in [1.165, 1.54) is 12.1 Å². The molecule has 0 aliphatic heterocycles. The zero-order chi connectivity index (χ0) is 12.3. The lowest BCUT2D eigenvalue weighted by molar-refractivity contribution is 0.628. The van der Waals surface area contributed by atoms with Gasteiger partial charge in [-0.15, -0.1) is 11.8 Å². The molecule has 17 heavy (non-hydrogen) atoms. The van der Waals surface area contributed by atoms with Crippen molar-refractivity contribution in [3.8, 4) is 0 Å². The molecule has 0 bridgehead atoms. The van der Waals surface area contributed by atoms with E-state index in [1.54, 1.807) is 24.0 Å². The molecule has 0 spiro atoms. The molecule has 2 N–H and O–H groups in total. The number of benzene rings is 1. The van der Waals surface area contributed by atoms with Crippen molar-refractivity contribution in [2.24, 2.45) is 0 Å². The van der Waals surface area contributed by atoms with Gasteiger partial charge in [0.2, 0.25) is 0 Å². The van der Waals surface area contributed by atoms with E-state index in [9.17, 15) is 4.39 Å². The summed E-state index contributed by atoms with van der Waals surface area (Å²) in [7, 11) is 0. The highest BCUT2D eigenvalue weighted by Gasteiger charge is 2.02. The van der Waals surface area contributed by atoms with Crippen molar-refractivity contribution >= 4 is 33.4 Å². The zero-order valence-corrected chi connectivity index (χ0v) is 11.3. The number of nitrogen functional groups attached to an aromatic ring is 1. The van der Waals surface area contributed by atoms with E-state index >= 15 is 0 Å². The first-order valence-corrected chi connectivity index (χ1v) is 6.71. The van der Waals surface area contributed by atoms with E-state index in [0.29, 0.717) is 11.4 Å². The molecule has 5 heteroatoms. The summed E-state index contributed by atoms with van der Waals surface area (Å²) in [6.45, 7) is 0. The normalized spacial score (nSPS) is 10.5. The van der Waals surface area contributed by atoms with Crippen LogP contribution in [0.15, 0.2) is 46.0 Å². The Bertz CT molecular complexity index is 516. The highest BCUT2D eigenvalue weighted by Crippen LogP contribution is 2.25. The van der Waals surface area contributed by atoms with Gasteiger partial charge in [-0.05, 0) is 45.8 Å². The maximum absolute atomic E-state index is 12.9. The predicted molar refractivity (Wildman–Crippen MR) is 72.3 cm³/mol. The fourth-order valence-electron chi connectivity index (χ4n) is 1.30. The van der Waals surface area contributed by atoms with E-state index in [2.05, 4.69) is 20.9 Å². The lowest BCUT2D eigenvalue weighted by Crippen LogP contribution is -1.93. The van der Waals surface area contributed by atoms with Gasteiger partial charge in [-0.3, -0.25) is 0 Å². The molecule has 0 saturated carbocycles. The highest BCUT2D eigenvalue weighted by atomic mass is 79.9. The molecule has 1 aromatic carbocycles. The molecule has 1 heterocycles. The largest absolute Gasteiger partial charge is 0.398 e. The van der Waals surface area contributed by atoms with Crippen LogP contribution in [0.1, 0.15) is 5.56 Å². The van der Waals surface area contributed by atoms with Crippen molar-refractivity contribution in [3.63, 3.8) is 0 Å². The topological polar surface area (TPSA) is 38.9 Å². The van der Waals surface area contributed by atoms with Gasteiger partial charge in [0.05, 0.1) is 5.03 Å². The summed E-state index contributed by atoms with van der Waals surface area (Å²) in [5.41, 5.74) is 7.13. The van der Waals surface area contributed by atoms with Gasteiger partial charge in [0.15, 0.2) is 0 Å². The number of nitrogens with two attached hydrogens (primary N) is 1. The molecule has 2 nitrogen and oxygen atoms in total. The second kappa shape index (κ2) is 5.51. The molecule has 0 aliphatic rings. The Morgan fingerprint density at radius 3 is 2.76 bits per heavy atom. The van der Waals surface area contributed by atoms with Crippen molar-refractivity contribution in [2.45, 2.75) is 10.8 Å². The van der Waals surface area contributed by atoms with E-state index < -0.39 is 0 Å². The van der Waals surface area contributed by atoms with E-state index in [-0.39, 0.29) is 5.82 Å². The maximum Gasteiger partial charge on any atom is 0.125 e. The molecular formula is C12H10BrFN2S. The minimum Gasteiger partial charge on any atom is -0.398 e. The number of rotatable bonds is 3. The van der Waals surface area contributed by atoms with Crippen molar-refractivity contribution < 1.29 is 4.39 Å². The molecular weight excluding hydrogens is 303 g/mol. The third-order valence-corrected chi connectivity index (χ3v) is 3.65. The smallest absolute Gasteiger partial charge is 0.125 e. The number of hydrogen-bond donors (Lipinski definition) is 1. The molecule has 0 saturated heterocycles. The third kappa shape index (κ3) is 3.44. The van der Waals surface area contributed by atoms with Gasteiger partial charge in [-0.1, -0.05) is 6.07 Å². The molecule has 0 amide bonds. The van der Waals surface area contributed by atoms with Gasteiger partial charge in [-0.2, -0.15) is 0 Å². The van der Waals surface area contributed by atoms with Crippen molar-refractivity contribution in [2.75, 3.05) is 5.73 Å². The minimum atomic E-state index is -0.307. The molecule has 1 aromatic heterocycles. The third-order valence-electron chi connectivity index (χ3n) is 2.18. The van der Waals surface area contributed by atoms with Crippen LogP contribution < -0.4 is 5.73 Å². The second-order valence-electron chi connectivity index (χ2n) is 3.45. The van der Waals surface area contributed by atoms with Crippen LogP contribution in [0, 0.1) is 5.82 Å².